The van der Waals surface area contributed by atoms with Gasteiger partial charge in [0.05, 0.1) is 13.2 Å². The number of ether oxygens (including phenoxy) is 2. The quantitative estimate of drug-likeness (QED) is 0.880. The molecule has 0 aliphatic carbocycles. The molecule has 7 heteroatoms. The Morgan fingerprint density at radius 1 is 1.33 bits per heavy atom. The summed E-state index contributed by atoms with van der Waals surface area (Å²) in [5, 5.41) is 9.57. The van der Waals surface area contributed by atoms with Crippen molar-refractivity contribution in [3.63, 3.8) is 0 Å². The first-order chi connectivity index (χ1) is 10.0. The van der Waals surface area contributed by atoms with Crippen molar-refractivity contribution in [3.05, 3.63) is 28.8 Å². The van der Waals surface area contributed by atoms with Gasteiger partial charge in [-0.3, -0.25) is 4.79 Å². The number of carbonyl (C=O) groups is 2. The van der Waals surface area contributed by atoms with Gasteiger partial charge in [0.1, 0.15) is 5.75 Å². The van der Waals surface area contributed by atoms with Crippen molar-refractivity contribution in [2.45, 2.75) is 18.6 Å². The predicted octanol–water partition coefficient (Wildman–Crippen LogP) is 0.955. The first kappa shape index (κ1) is 14.2. The second-order valence-electron chi connectivity index (χ2n) is 5.04. The lowest BCUT2D eigenvalue weighted by Gasteiger charge is -2.32. The fourth-order valence-electron chi connectivity index (χ4n) is 2.56. The summed E-state index contributed by atoms with van der Waals surface area (Å²) in [6.45, 7) is 0.638. The Hall–Kier alpha value is -1.79. The Bertz CT molecular complexity index is 591. The monoisotopic (exact) mass is 311 g/mol. The Morgan fingerprint density at radius 2 is 2.14 bits per heavy atom. The number of halogens is 1. The van der Waals surface area contributed by atoms with Crippen molar-refractivity contribution in [3.8, 4) is 5.75 Å². The summed E-state index contributed by atoms with van der Waals surface area (Å²) < 4.78 is 10.7. The lowest BCUT2D eigenvalue weighted by Crippen LogP contribution is -2.52. The number of morpholine rings is 1. The van der Waals surface area contributed by atoms with Gasteiger partial charge < -0.3 is 19.5 Å². The SMILES string of the molecule is O=C(O)[C@@H]1CN(C(=O)[C@H]2Cc3cc(Cl)ccc3O2)CCO1. The van der Waals surface area contributed by atoms with E-state index in [2.05, 4.69) is 0 Å². The standard InChI is InChI=1S/C14H14ClNO5/c15-9-1-2-10-8(5-9)6-11(21-10)13(17)16-3-4-20-12(7-16)14(18)19/h1-2,5,11-12H,3-4,6-7H2,(H,18,19)/t11-,12+/m1/s1. The van der Waals surface area contributed by atoms with E-state index in [9.17, 15) is 9.59 Å². The highest BCUT2D eigenvalue weighted by Crippen LogP contribution is 2.31. The maximum absolute atomic E-state index is 12.4. The van der Waals surface area contributed by atoms with Gasteiger partial charge in [0.15, 0.2) is 12.2 Å². The summed E-state index contributed by atoms with van der Waals surface area (Å²) in [5.41, 5.74) is 0.892. The fraction of sp³-hybridized carbons (Fsp3) is 0.429. The highest BCUT2D eigenvalue weighted by atomic mass is 35.5. The lowest BCUT2D eigenvalue weighted by molar-refractivity contribution is -0.161. The number of hydrogen-bond donors (Lipinski definition) is 1. The average molecular weight is 312 g/mol. The third-order valence-electron chi connectivity index (χ3n) is 3.63. The minimum atomic E-state index is -1.06. The van der Waals surface area contributed by atoms with Crippen LogP contribution in [0.4, 0.5) is 0 Å². The molecule has 1 amide bonds. The Morgan fingerprint density at radius 3 is 2.90 bits per heavy atom. The predicted molar refractivity (Wildman–Crippen MR) is 73.5 cm³/mol. The molecule has 2 heterocycles. The van der Waals surface area contributed by atoms with Crippen LogP contribution in [0.3, 0.4) is 0 Å². The van der Waals surface area contributed by atoms with Crippen LogP contribution < -0.4 is 4.74 Å². The van der Waals surface area contributed by atoms with E-state index < -0.39 is 18.2 Å². The molecule has 0 saturated carbocycles. The molecule has 0 radical (unpaired) electrons. The van der Waals surface area contributed by atoms with Crippen LogP contribution in [0.15, 0.2) is 18.2 Å². The molecular formula is C14H14ClNO5. The zero-order valence-corrected chi connectivity index (χ0v) is 11.9. The van der Waals surface area contributed by atoms with Gasteiger partial charge >= 0.3 is 5.97 Å². The number of carboxylic acids is 1. The van der Waals surface area contributed by atoms with Gasteiger partial charge in [-0.05, 0) is 23.8 Å². The second-order valence-corrected chi connectivity index (χ2v) is 5.48. The fourth-order valence-corrected chi connectivity index (χ4v) is 2.75. The van der Waals surface area contributed by atoms with Crippen LogP contribution in [-0.4, -0.2) is 53.8 Å². The number of nitrogens with zero attached hydrogens (tertiary/aromatic N) is 1. The molecule has 6 nitrogen and oxygen atoms in total. The number of aliphatic carboxylic acids is 1. The average Bonchev–Trinajstić information content (AvgIpc) is 2.89. The van der Waals surface area contributed by atoms with Gasteiger partial charge in [-0.25, -0.2) is 4.79 Å². The molecule has 0 spiro atoms. The largest absolute Gasteiger partial charge is 0.480 e. The number of fused-ring (bicyclic) bond motifs is 1. The van der Waals surface area contributed by atoms with Crippen LogP contribution in [0.2, 0.25) is 5.02 Å². The molecule has 1 fully saturated rings. The molecule has 3 rings (SSSR count). The van der Waals surface area contributed by atoms with E-state index in [1.54, 1.807) is 18.2 Å². The summed E-state index contributed by atoms with van der Waals surface area (Å²) in [6, 6.07) is 5.23. The zero-order chi connectivity index (χ0) is 15.0. The Labute approximate surface area is 126 Å². The van der Waals surface area contributed by atoms with Gasteiger partial charge in [0, 0.05) is 18.0 Å². The van der Waals surface area contributed by atoms with E-state index in [1.807, 2.05) is 0 Å². The molecule has 1 aromatic rings. The zero-order valence-electron chi connectivity index (χ0n) is 11.1. The van der Waals surface area contributed by atoms with E-state index in [0.717, 1.165) is 5.56 Å². The topological polar surface area (TPSA) is 76.1 Å². The van der Waals surface area contributed by atoms with Crippen LogP contribution in [0.25, 0.3) is 0 Å². The maximum Gasteiger partial charge on any atom is 0.334 e. The van der Waals surface area contributed by atoms with Crippen molar-refractivity contribution in [2.75, 3.05) is 19.7 Å². The summed E-state index contributed by atoms with van der Waals surface area (Å²) in [7, 11) is 0. The van der Waals surface area contributed by atoms with Crippen molar-refractivity contribution in [1.82, 2.24) is 4.90 Å². The third-order valence-corrected chi connectivity index (χ3v) is 3.86. The van der Waals surface area contributed by atoms with Crippen LogP contribution in [0.1, 0.15) is 5.56 Å². The van der Waals surface area contributed by atoms with Crippen LogP contribution in [0.5, 0.6) is 5.75 Å². The summed E-state index contributed by atoms with van der Waals surface area (Å²) in [6.07, 6.45) is -1.14. The molecule has 0 unspecified atom stereocenters. The van der Waals surface area contributed by atoms with Crippen molar-refractivity contribution in [2.24, 2.45) is 0 Å². The molecule has 1 saturated heterocycles. The molecule has 1 N–H and O–H groups in total. The van der Waals surface area contributed by atoms with E-state index in [1.165, 1.54) is 4.90 Å². The minimum Gasteiger partial charge on any atom is -0.480 e. The number of carbonyl (C=O) groups excluding carboxylic acids is 1. The number of benzene rings is 1. The maximum atomic E-state index is 12.4. The van der Waals surface area contributed by atoms with E-state index in [4.69, 9.17) is 26.2 Å². The molecule has 1 aromatic carbocycles. The summed E-state index contributed by atoms with van der Waals surface area (Å²) in [4.78, 5) is 24.9. The molecular weight excluding hydrogens is 298 g/mol. The van der Waals surface area contributed by atoms with Crippen LogP contribution >= 0.6 is 11.6 Å². The highest BCUT2D eigenvalue weighted by Gasteiger charge is 2.36. The van der Waals surface area contributed by atoms with Crippen molar-refractivity contribution < 1.29 is 24.2 Å². The Balaban J connectivity index is 1.68. The molecule has 2 aliphatic rings. The number of carboxylic acid groups (broad SMARTS) is 1. The summed E-state index contributed by atoms with van der Waals surface area (Å²) >= 11 is 5.92. The highest BCUT2D eigenvalue weighted by molar-refractivity contribution is 6.30. The van der Waals surface area contributed by atoms with Gasteiger partial charge in [0.25, 0.3) is 5.91 Å². The van der Waals surface area contributed by atoms with Gasteiger partial charge in [-0.2, -0.15) is 0 Å². The van der Waals surface area contributed by atoms with Gasteiger partial charge in [0.2, 0.25) is 0 Å². The molecule has 2 atom stereocenters. The molecule has 0 aromatic heterocycles. The second kappa shape index (κ2) is 5.54. The number of rotatable bonds is 2. The molecule has 2 aliphatic heterocycles. The lowest BCUT2D eigenvalue weighted by atomic mass is 10.1. The first-order valence-corrected chi connectivity index (χ1v) is 7.00. The van der Waals surface area contributed by atoms with Crippen LogP contribution in [-0.2, 0) is 20.7 Å². The number of amides is 1. The summed E-state index contributed by atoms with van der Waals surface area (Å²) in [5.74, 6) is -0.618. The smallest absolute Gasteiger partial charge is 0.334 e. The van der Waals surface area contributed by atoms with E-state index in [-0.39, 0.29) is 19.1 Å². The first-order valence-electron chi connectivity index (χ1n) is 6.63. The molecule has 0 bridgehead atoms. The number of hydrogen-bond acceptors (Lipinski definition) is 4. The van der Waals surface area contributed by atoms with Crippen molar-refractivity contribution in [1.29, 1.82) is 0 Å². The van der Waals surface area contributed by atoms with Gasteiger partial charge in [-0.1, -0.05) is 11.6 Å². The van der Waals surface area contributed by atoms with Crippen LogP contribution in [0, 0.1) is 0 Å². The minimum absolute atomic E-state index is 0.0468. The molecule has 21 heavy (non-hydrogen) atoms. The molecule has 112 valence electrons. The Kier molecular flexibility index (Phi) is 3.73. The third kappa shape index (κ3) is 2.82. The van der Waals surface area contributed by atoms with Gasteiger partial charge in [-0.15, -0.1) is 0 Å². The van der Waals surface area contributed by atoms with E-state index >= 15 is 0 Å². The van der Waals surface area contributed by atoms with Crippen molar-refractivity contribution >= 4 is 23.5 Å². The normalized spacial score (nSPS) is 24.3. The van der Waals surface area contributed by atoms with E-state index in [0.29, 0.717) is 23.7 Å².